The molecule has 104 valence electrons. The smallest absolute Gasteiger partial charge is 0.0399 e. The molecule has 2 aliphatic heterocycles. The molecule has 2 aliphatic rings. The third-order valence-electron chi connectivity index (χ3n) is 4.32. The van der Waals surface area contributed by atoms with Crippen molar-refractivity contribution in [3.05, 3.63) is 29.8 Å². The molecule has 19 heavy (non-hydrogen) atoms. The van der Waals surface area contributed by atoms with Gasteiger partial charge in [0.2, 0.25) is 0 Å². The van der Waals surface area contributed by atoms with Crippen LogP contribution < -0.4 is 15.5 Å². The molecule has 0 bridgehead atoms. The molecule has 0 aliphatic carbocycles. The number of nitrogens with zero attached hydrogens (tertiary/aromatic N) is 1. The van der Waals surface area contributed by atoms with E-state index >= 15 is 0 Å². The highest BCUT2D eigenvalue weighted by Gasteiger charge is 2.17. The van der Waals surface area contributed by atoms with E-state index in [9.17, 15) is 0 Å². The van der Waals surface area contributed by atoms with E-state index < -0.39 is 0 Å². The molecule has 1 unspecified atom stereocenters. The van der Waals surface area contributed by atoms with Gasteiger partial charge in [0.25, 0.3) is 0 Å². The summed E-state index contributed by atoms with van der Waals surface area (Å²) in [5.41, 5.74) is 2.98. The second kappa shape index (κ2) is 6.40. The predicted octanol–water partition coefficient (Wildman–Crippen LogP) is 1.78. The Balaban J connectivity index is 1.34. The second-order valence-corrected chi connectivity index (χ2v) is 5.72. The van der Waals surface area contributed by atoms with Gasteiger partial charge >= 0.3 is 0 Å². The summed E-state index contributed by atoms with van der Waals surface area (Å²) in [7, 11) is 0. The monoisotopic (exact) mass is 259 g/mol. The number of hydrogen-bond donors (Lipinski definition) is 2. The lowest BCUT2D eigenvalue weighted by atomic mass is 10.2. The summed E-state index contributed by atoms with van der Waals surface area (Å²) in [5.74, 6) is 0. The molecule has 1 saturated heterocycles. The SMILES string of the molecule is c1ccc2c(c1)CCN2CCCNCC1CCCN1. The standard InChI is InChI=1S/C16H25N3/c1-2-7-16-14(5-1)8-12-19(16)11-4-9-17-13-15-6-3-10-18-15/h1-2,5,7,15,17-18H,3-4,6,8-13H2. The van der Waals surface area contributed by atoms with Crippen LogP contribution in [0.1, 0.15) is 24.8 Å². The second-order valence-electron chi connectivity index (χ2n) is 5.72. The maximum absolute atomic E-state index is 3.59. The molecule has 3 heteroatoms. The van der Waals surface area contributed by atoms with Crippen molar-refractivity contribution in [2.75, 3.05) is 37.6 Å². The molecule has 3 rings (SSSR count). The minimum atomic E-state index is 0.715. The molecule has 0 amide bonds. The number of rotatable bonds is 6. The summed E-state index contributed by atoms with van der Waals surface area (Å²) in [6, 6.07) is 9.55. The van der Waals surface area contributed by atoms with Crippen molar-refractivity contribution in [2.24, 2.45) is 0 Å². The predicted molar refractivity (Wildman–Crippen MR) is 80.9 cm³/mol. The normalized spacial score (nSPS) is 21.9. The first-order valence-corrected chi connectivity index (χ1v) is 7.70. The summed E-state index contributed by atoms with van der Waals surface area (Å²) in [6.07, 6.45) is 5.14. The van der Waals surface area contributed by atoms with E-state index in [1.807, 2.05) is 0 Å². The van der Waals surface area contributed by atoms with E-state index in [4.69, 9.17) is 0 Å². The van der Waals surface area contributed by atoms with Crippen molar-refractivity contribution in [3.63, 3.8) is 0 Å². The molecule has 0 radical (unpaired) electrons. The molecule has 0 aromatic heterocycles. The van der Waals surface area contributed by atoms with Crippen molar-refractivity contribution in [3.8, 4) is 0 Å². The Morgan fingerprint density at radius 1 is 1.32 bits per heavy atom. The Hall–Kier alpha value is -1.06. The number of nitrogens with one attached hydrogen (secondary N) is 2. The zero-order valence-electron chi connectivity index (χ0n) is 11.7. The number of para-hydroxylation sites is 1. The zero-order chi connectivity index (χ0) is 12.9. The first kappa shape index (κ1) is 12.9. The largest absolute Gasteiger partial charge is 0.371 e. The quantitative estimate of drug-likeness (QED) is 0.763. The lowest BCUT2D eigenvalue weighted by Crippen LogP contribution is -2.35. The lowest BCUT2D eigenvalue weighted by molar-refractivity contribution is 0.528. The summed E-state index contributed by atoms with van der Waals surface area (Å²) < 4.78 is 0. The molecule has 1 aromatic carbocycles. The first-order chi connectivity index (χ1) is 9.43. The van der Waals surface area contributed by atoms with Crippen LogP contribution in [0.5, 0.6) is 0 Å². The van der Waals surface area contributed by atoms with E-state index in [1.54, 1.807) is 0 Å². The maximum atomic E-state index is 3.59. The van der Waals surface area contributed by atoms with Gasteiger partial charge in [-0.25, -0.2) is 0 Å². The van der Waals surface area contributed by atoms with Crippen molar-refractivity contribution in [1.29, 1.82) is 0 Å². The molecule has 2 N–H and O–H groups in total. The van der Waals surface area contributed by atoms with Crippen LogP contribution in [0, 0.1) is 0 Å². The fraction of sp³-hybridized carbons (Fsp3) is 0.625. The van der Waals surface area contributed by atoms with Crippen molar-refractivity contribution in [2.45, 2.75) is 31.7 Å². The van der Waals surface area contributed by atoms with Crippen LogP contribution in [0.3, 0.4) is 0 Å². The van der Waals surface area contributed by atoms with Crippen molar-refractivity contribution in [1.82, 2.24) is 10.6 Å². The molecule has 1 aromatic rings. The van der Waals surface area contributed by atoms with Crippen LogP contribution in [0.15, 0.2) is 24.3 Å². The van der Waals surface area contributed by atoms with Crippen LogP contribution in [0.2, 0.25) is 0 Å². The van der Waals surface area contributed by atoms with Crippen LogP contribution in [-0.4, -0.2) is 38.8 Å². The molecular weight excluding hydrogens is 234 g/mol. The van der Waals surface area contributed by atoms with Gasteiger partial charge in [-0.1, -0.05) is 18.2 Å². The van der Waals surface area contributed by atoms with Gasteiger partial charge in [0.05, 0.1) is 0 Å². The van der Waals surface area contributed by atoms with Gasteiger partial charge in [-0.3, -0.25) is 0 Å². The number of anilines is 1. The highest BCUT2D eigenvalue weighted by Crippen LogP contribution is 2.27. The minimum Gasteiger partial charge on any atom is -0.371 e. The molecule has 2 heterocycles. The van der Waals surface area contributed by atoms with E-state index in [1.165, 1.54) is 56.6 Å². The first-order valence-electron chi connectivity index (χ1n) is 7.70. The molecule has 3 nitrogen and oxygen atoms in total. The van der Waals surface area contributed by atoms with Crippen LogP contribution in [-0.2, 0) is 6.42 Å². The van der Waals surface area contributed by atoms with E-state index in [0.29, 0.717) is 6.04 Å². The van der Waals surface area contributed by atoms with Crippen LogP contribution in [0.4, 0.5) is 5.69 Å². The Morgan fingerprint density at radius 2 is 2.26 bits per heavy atom. The highest BCUT2D eigenvalue weighted by molar-refractivity contribution is 5.57. The van der Waals surface area contributed by atoms with E-state index in [0.717, 1.165) is 13.1 Å². The van der Waals surface area contributed by atoms with Gasteiger partial charge in [-0.2, -0.15) is 0 Å². The average Bonchev–Trinajstić information content (AvgIpc) is 3.08. The number of benzene rings is 1. The van der Waals surface area contributed by atoms with Gasteiger partial charge in [0.1, 0.15) is 0 Å². The molecule has 1 atom stereocenters. The van der Waals surface area contributed by atoms with E-state index in [-0.39, 0.29) is 0 Å². The zero-order valence-corrected chi connectivity index (χ0v) is 11.7. The topological polar surface area (TPSA) is 27.3 Å². The van der Waals surface area contributed by atoms with Gasteiger partial charge in [0, 0.05) is 31.4 Å². The Bertz CT molecular complexity index is 399. The van der Waals surface area contributed by atoms with Crippen LogP contribution in [0.25, 0.3) is 0 Å². The van der Waals surface area contributed by atoms with Crippen LogP contribution >= 0.6 is 0 Å². The molecule has 0 saturated carbocycles. The summed E-state index contributed by atoms with van der Waals surface area (Å²) in [6.45, 7) is 5.86. The van der Waals surface area contributed by atoms with Gasteiger partial charge in [0.15, 0.2) is 0 Å². The Labute approximate surface area is 116 Å². The van der Waals surface area contributed by atoms with E-state index in [2.05, 4.69) is 39.8 Å². The van der Waals surface area contributed by atoms with Gasteiger partial charge in [-0.05, 0) is 50.4 Å². The molecular formula is C16H25N3. The summed E-state index contributed by atoms with van der Waals surface area (Å²) in [4.78, 5) is 2.53. The third-order valence-corrected chi connectivity index (χ3v) is 4.32. The molecule has 0 spiro atoms. The van der Waals surface area contributed by atoms with Gasteiger partial charge in [-0.15, -0.1) is 0 Å². The number of hydrogen-bond acceptors (Lipinski definition) is 3. The lowest BCUT2D eigenvalue weighted by Gasteiger charge is -2.19. The van der Waals surface area contributed by atoms with Crippen molar-refractivity contribution < 1.29 is 0 Å². The average molecular weight is 259 g/mol. The molecule has 1 fully saturated rings. The fourth-order valence-corrected chi connectivity index (χ4v) is 3.24. The fourth-order valence-electron chi connectivity index (χ4n) is 3.24. The number of fused-ring (bicyclic) bond motifs is 1. The van der Waals surface area contributed by atoms with Crippen molar-refractivity contribution >= 4 is 5.69 Å². The third kappa shape index (κ3) is 3.28. The maximum Gasteiger partial charge on any atom is 0.0399 e. The summed E-state index contributed by atoms with van der Waals surface area (Å²) >= 11 is 0. The summed E-state index contributed by atoms with van der Waals surface area (Å²) in [5, 5.41) is 7.11. The van der Waals surface area contributed by atoms with Gasteiger partial charge < -0.3 is 15.5 Å². The Kier molecular flexibility index (Phi) is 4.36. The highest BCUT2D eigenvalue weighted by atomic mass is 15.1. The minimum absolute atomic E-state index is 0.715. The Morgan fingerprint density at radius 3 is 3.16 bits per heavy atom.